The molecule has 0 bridgehead atoms. The maximum absolute atomic E-state index is 14.0. The van der Waals surface area contributed by atoms with Crippen molar-refractivity contribution in [2.45, 2.75) is 96.2 Å². The van der Waals surface area contributed by atoms with Crippen molar-refractivity contribution in [3.05, 3.63) is 111 Å². The van der Waals surface area contributed by atoms with Gasteiger partial charge < -0.3 is 51.8 Å². The Balaban J connectivity index is 0.932. The van der Waals surface area contributed by atoms with E-state index in [1.54, 1.807) is 70.9 Å². The van der Waals surface area contributed by atoms with Gasteiger partial charge in [0.05, 0.1) is 41.7 Å². The zero-order valence-corrected chi connectivity index (χ0v) is 53.8. The number of benzene rings is 1. The number of thiazole rings is 6. The van der Waals surface area contributed by atoms with E-state index in [9.17, 15) is 53.7 Å². The van der Waals surface area contributed by atoms with Gasteiger partial charge in [-0.1, -0.05) is 44.2 Å². The van der Waals surface area contributed by atoms with Gasteiger partial charge in [-0.15, -0.1) is 68.0 Å². The highest BCUT2D eigenvalue weighted by molar-refractivity contribution is 7.15. The number of aromatic nitrogens is 7. The average Bonchev–Trinajstić information content (AvgIpc) is 1.84. The molecule has 0 aliphatic heterocycles. The summed E-state index contributed by atoms with van der Waals surface area (Å²) in [5, 5.41) is 51.0. The topological polar surface area (TPSA) is 383 Å². The van der Waals surface area contributed by atoms with Gasteiger partial charge in [0.2, 0.25) is 11.8 Å². The molecule has 1 saturated carbocycles. The van der Waals surface area contributed by atoms with E-state index in [4.69, 9.17) is 35.1 Å². The van der Waals surface area contributed by atoms with Crippen LogP contribution in [0.3, 0.4) is 0 Å². The maximum atomic E-state index is 14.0. The lowest BCUT2D eigenvalue weighted by molar-refractivity contribution is -0.141. The summed E-state index contributed by atoms with van der Waals surface area (Å²) in [7, 11) is 2.97. The molecule has 0 spiro atoms. The number of carbonyl (C=O) groups excluding carboxylic acids is 6. The fraction of sp³-hybridized carbons (Fsp3) is 0.362. The van der Waals surface area contributed by atoms with Crippen molar-refractivity contribution in [3.63, 3.8) is 0 Å². The SMILES string of the molecule is CNC(=O)C[C@H](N)c1nc(C(=O)NC(c2nc(C(=O)NCC(=O)N[C@H](c3nc(-c4nc(-c5nc(-c6nc(N(CCCC(=O)O)C(=O)O[C@H]7CC[C@H](C(=O)O)C7)cs6)ccc5-c5nc(C=O)cs5)cs4)cs3)[C@@H](O)c3ccccc3)c(COC)s2)C(C)C)c(C)s1. The van der Waals surface area contributed by atoms with Crippen molar-refractivity contribution < 1.29 is 63.1 Å². The number of carboxylic acids is 2. The molecule has 0 saturated heterocycles. The summed E-state index contributed by atoms with van der Waals surface area (Å²) in [6.45, 7) is 4.91. The summed E-state index contributed by atoms with van der Waals surface area (Å²) in [6.07, 6.45) is -1.39. The molecule has 9 N–H and O–H groups in total. The Morgan fingerprint density at radius 3 is 2.20 bits per heavy atom. The van der Waals surface area contributed by atoms with Crippen molar-refractivity contribution in [2.24, 2.45) is 17.6 Å². The Kier molecular flexibility index (Phi) is 22.1. The lowest BCUT2D eigenvalue weighted by Gasteiger charge is -2.23. The molecule has 5 amide bonds. The highest BCUT2D eigenvalue weighted by Crippen LogP contribution is 2.40. The van der Waals surface area contributed by atoms with Crippen molar-refractivity contribution in [1.82, 2.24) is 56.2 Å². The zero-order valence-electron chi connectivity index (χ0n) is 48.9. The van der Waals surface area contributed by atoms with Gasteiger partial charge in [0, 0.05) is 65.5 Å². The third-order valence-electron chi connectivity index (χ3n) is 14.1. The minimum Gasteiger partial charge on any atom is -0.481 e. The molecular weight excluding hydrogens is 1280 g/mol. The number of methoxy groups -OCH3 is 1. The fourth-order valence-electron chi connectivity index (χ4n) is 9.51. The molecule has 90 heavy (non-hydrogen) atoms. The predicted octanol–water partition coefficient (Wildman–Crippen LogP) is 8.40. The third kappa shape index (κ3) is 16.0. The molecule has 7 aromatic heterocycles. The molecule has 472 valence electrons. The molecule has 1 aromatic carbocycles. The first-order valence-electron chi connectivity index (χ1n) is 28.0. The number of nitrogens with zero attached hydrogens (tertiary/aromatic N) is 8. The van der Waals surface area contributed by atoms with Crippen molar-refractivity contribution in [1.29, 1.82) is 0 Å². The minimum absolute atomic E-state index is 0.00521. The van der Waals surface area contributed by atoms with Crippen LogP contribution >= 0.6 is 68.0 Å². The highest BCUT2D eigenvalue weighted by atomic mass is 32.1. The molecule has 26 nitrogen and oxygen atoms in total. The average molecular weight is 1340 g/mol. The zero-order chi connectivity index (χ0) is 64.3. The number of nitrogens with one attached hydrogen (secondary N) is 4. The Bertz CT molecular complexity index is 3920. The monoisotopic (exact) mass is 1340 g/mol. The molecule has 6 atom stereocenters. The molecule has 7 heterocycles. The quantitative estimate of drug-likeness (QED) is 0.0213. The summed E-state index contributed by atoms with van der Waals surface area (Å²) in [4.78, 5) is 138. The largest absolute Gasteiger partial charge is 0.481 e. The number of aryl methyl sites for hydroxylation is 1. The normalized spacial score (nSPS) is 15.2. The Morgan fingerprint density at radius 1 is 0.767 bits per heavy atom. The number of pyridine rings is 1. The number of hydrogen-bond donors (Lipinski definition) is 8. The number of amides is 5. The van der Waals surface area contributed by atoms with Crippen LogP contribution in [0.15, 0.2) is 64.0 Å². The Labute approximate surface area is 538 Å². The second-order valence-electron chi connectivity index (χ2n) is 20.9. The van der Waals surface area contributed by atoms with E-state index in [1.165, 1.54) is 75.7 Å². The van der Waals surface area contributed by atoms with Gasteiger partial charge in [-0.2, -0.15) is 0 Å². The van der Waals surface area contributed by atoms with Gasteiger partial charge in [-0.05, 0) is 56.2 Å². The van der Waals surface area contributed by atoms with Gasteiger partial charge in [-0.3, -0.25) is 38.5 Å². The van der Waals surface area contributed by atoms with Crippen LogP contribution in [0, 0.1) is 18.8 Å². The second-order valence-corrected chi connectivity index (χ2v) is 26.7. The van der Waals surface area contributed by atoms with Crippen molar-refractivity contribution >= 4 is 122 Å². The standard InChI is InChI=1S/C58H61N13O13S6/c1-27(2)43(68-50(79)44-28(3)89-52(69-44)34(59)19-40(73)60-4)56-70-46(38(90-56)22-83-5)49(78)61-20-41(74)67-47(48(77)29-10-7-6-8-11-29)55-65-37(25-87-55)54-64-36(24-86-54)45-33(51-62-31(21-72)23-85-51)15-16-35(63-45)53-66-39(26-88-53)71(17-9-12-42(75)76)58(82)84-32-14-13-30(18-32)57(80)81/h6-8,10-11,15-16,21,23-27,30,32,34,43,47-48,77H,9,12-14,17-20,22,59H2,1-5H3,(H,60,73)(H,61,78)(H,67,74)(H,68,79)(H,75,76)(H,80,81)/t30-,32-,34-,43?,47-,48-/m0/s1. The van der Waals surface area contributed by atoms with E-state index in [-0.39, 0.29) is 73.6 Å². The number of hydrogen-bond acceptors (Lipinski definition) is 25. The number of aliphatic carboxylic acids is 2. The van der Waals surface area contributed by atoms with Crippen molar-refractivity contribution in [2.75, 3.05) is 32.1 Å². The van der Waals surface area contributed by atoms with Crippen LogP contribution in [0.4, 0.5) is 10.6 Å². The first-order valence-corrected chi connectivity index (χ1v) is 33.1. The summed E-state index contributed by atoms with van der Waals surface area (Å²) >= 11 is 7.18. The van der Waals surface area contributed by atoms with Gasteiger partial charge in [0.15, 0.2) is 6.29 Å². The number of aliphatic hydroxyl groups is 1. The Hall–Kier alpha value is -8.21. The van der Waals surface area contributed by atoms with E-state index in [0.717, 1.165) is 11.3 Å². The van der Waals surface area contributed by atoms with E-state index in [2.05, 4.69) is 36.2 Å². The minimum atomic E-state index is -1.31. The number of rotatable bonds is 28. The van der Waals surface area contributed by atoms with Gasteiger partial charge in [-0.25, -0.2) is 39.7 Å². The van der Waals surface area contributed by atoms with Crippen LogP contribution in [-0.4, -0.2) is 132 Å². The van der Waals surface area contributed by atoms with Crippen LogP contribution in [-0.2, 0) is 35.3 Å². The first kappa shape index (κ1) is 66.2. The highest BCUT2D eigenvalue weighted by Gasteiger charge is 2.35. The molecule has 9 rings (SSSR count). The van der Waals surface area contributed by atoms with Gasteiger partial charge >= 0.3 is 18.0 Å². The number of carboxylic acid groups (broad SMARTS) is 2. The molecule has 32 heteroatoms. The van der Waals surface area contributed by atoms with E-state index in [0.29, 0.717) is 92.8 Å². The van der Waals surface area contributed by atoms with Crippen LogP contribution in [0.25, 0.3) is 43.4 Å². The van der Waals surface area contributed by atoms with Crippen LogP contribution < -0.4 is 31.9 Å². The first-order chi connectivity index (χ1) is 43.2. The van der Waals surface area contributed by atoms with E-state index in [1.807, 2.05) is 13.8 Å². The van der Waals surface area contributed by atoms with E-state index >= 15 is 0 Å². The molecule has 1 unspecified atom stereocenters. The third-order valence-corrected chi connectivity index (χ3v) is 19.9. The lowest BCUT2D eigenvalue weighted by Crippen LogP contribution is -2.40. The smallest absolute Gasteiger partial charge is 0.415 e. The Morgan fingerprint density at radius 2 is 1.50 bits per heavy atom. The van der Waals surface area contributed by atoms with Gasteiger partial charge in [0.25, 0.3) is 11.8 Å². The summed E-state index contributed by atoms with van der Waals surface area (Å²) < 4.78 is 11.2. The molecule has 1 fully saturated rings. The van der Waals surface area contributed by atoms with Crippen molar-refractivity contribution in [3.8, 4) is 43.4 Å². The maximum Gasteiger partial charge on any atom is 0.415 e. The molecule has 8 aromatic rings. The number of ether oxygens (including phenoxy) is 2. The molecule has 1 aliphatic carbocycles. The number of aliphatic hydroxyl groups excluding tert-OH is 1. The van der Waals surface area contributed by atoms with Crippen LogP contribution in [0.1, 0.15) is 138 Å². The van der Waals surface area contributed by atoms with E-state index < -0.39 is 78.5 Å². The number of aldehydes is 1. The molecule has 0 radical (unpaired) electrons. The predicted molar refractivity (Wildman–Crippen MR) is 338 cm³/mol. The number of nitrogens with two attached hydrogens (primary N) is 1. The van der Waals surface area contributed by atoms with Crippen LogP contribution in [0.5, 0.6) is 0 Å². The van der Waals surface area contributed by atoms with Gasteiger partial charge in [0.1, 0.15) is 88.3 Å². The number of carbonyl (C=O) groups is 8. The fourth-order valence-corrected chi connectivity index (χ4v) is 15.0. The summed E-state index contributed by atoms with van der Waals surface area (Å²) in [5.41, 5.74) is 9.12. The molecular formula is C58H61N13O13S6. The van der Waals surface area contributed by atoms with Crippen LogP contribution in [0.2, 0.25) is 0 Å². The number of anilines is 1. The summed E-state index contributed by atoms with van der Waals surface area (Å²) in [5.74, 6) is -4.83. The molecule has 1 aliphatic rings. The second kappa shape index (κ2) is 30.1. The lowest BCUT2D eigenvalue weighted by atomic mass is 10.0. The summed E-state index contributed by atoms with van der Waals surface area (Å²) in [6, 6.07) is 9.62.